The molecule has 0 radical (unpaired) electrons. The van der Waals surface area contributed by atoms with Crippen molar-refractivity contribution in [3.8, 4) is 0 Å². The summed E-state index contributed by atoms with van der Waals surface area (Å²) in [6, 6.07) is 0. The average Bonchev–Trinajstić information content (AvgIpc) is 2.78. The van der Waals surface area contributed by atoms with Gasteiger partial charge in [0.05, 0.1) is 4.88 Å². The van der Waals surface area contributed by atoms with E-state index in [1.807, 2.05) is 0 Å². The zero-order valence-corrected chi connectivity index (χ0v) is 8.76. The summed E-state index contributed by atoms with van der Waals surface area (Å²) in [5.41, 5.74) is 5.00. The van der Waals surface area contributed by atoms with Crippen molar-refractivity contribution in [1.82, 2.24) is 4.98 Å². The van der Waals surface area contributed by atoms with Crippen molar-refractivity contribution in [2.24, 2.45) is 11.8 Å². The first kappa shape index (κ1) is 8.68. The fourth-order valence-corrected chi connectivity index (χ4v) is 3.95. The third-order valence-corrected chi connectivity index (χ3v) is 4.76. The summed E-state index contributed by atoms with van der Waals surface area (Å²) in [7, 11) is 0. The summed E-state index contributed by atoms with van der Waals surface area (Å²) in [4.78, 5) is 5.00. The summed E-state index contributed by atoms with van der Waals surface area (Å²) in [5, 5.41) is 11.1. The van der Waals surface area contributed by atoms with E-state index in [0.29, 0.717) is 11.0 Å². The molecule has 2 aliphatic carbocycles. The molecule has 0 spiro atoms. The predicted molar refractivity (Wildman–Crippen MR) is 55.9 cm³/mol. The Morgan fingerprint density at radius 2 is 2.43 bits per heavy atom. The molecule has 3 nitrogen and oxygen atoms in total. The van der Waals surface area contributed by atoms with Crippen molar-refractivity contribution in [2.45, 2.75) is 31.3 Å². The molecule has 1 aromatic rings. The molecular formula is C10H14N2OS. The van der Waals surface area contributed by atoms with Crippen LogP contribution in [0.5, 0.6) is 0 Å². The Labute approximate surface area is 87.0 Å². The van der Waals surface area contributed by atoms with Crippen molar-refractivity contribution >= 4 is 16.5 Å². The summed E-state index contributed by atoms with van der Waals surface area (Å²) in [6.07, 6.45) is 6.31. The SMILES string of the molecule is Nc1ncc(C2(O)CC3CCC2C3)s1. The smallest absolute Gasteiger partial charge is 0.180 e. The second-order valence-corrected chi connectivity index (χ2v) is 5.63. The lowest BCUT2D eigenvalue weighted by atomic mass is 9.83. The van der Waals surface area contributed by atoms with Gasteiger partial charge in [-0.15, -0.1) is 0 Å². The number of hydrogen-bond donors (Lipinski definition) is 2. The second-order valence-electron chi connectivity index (χ2n) is 4.57. The van der Waals surface area contributed by atoms with Crippen LogP contribution in [0.3, 0.4) is 0 Å². The van der Waals surface area contributed by atoms with Crippen LogP contribution in [0.25, 0.3) is 0 Å². The lowest BCUT2D eigenvalue weighted by Gasteiger charge is -2.30. The quantitative estimate of drug-likeness (QED) is 0.742. The molecule has 3 atom stereocenters. The summed E-state index contributed by atoms with van der Waals surface area (Å²) in [6.45, 7) is 0. The van der Waals surface area contributed by atoms with E-state index in [1.165, 1.54) is 30.6 Å². The number of anilines is 1. The van der Waals surface area contributed by atoms with Crippen LogP contribution < -0.4 is 5.73 Å². The summed E-state index contributed by atoms with van der Waals surface area (Å²) >= 11 is 1.44. The van der Waals surface area contributed by atoms with E-state index < -0.39 is 5.60 Å². The fraction of sp³-hybridized carbons (Fsp3) is 0.700. The van der Waals surface area contributed by atoms with Crippen molar-refractivity contribution < 1.29 is 5.11 Å². The first-order chi connectivity index (χ1) is 6.68. The number of nitrogen functional groups attached to an aromatic ring is 1. The number of nitrogens with zero attached hydrogens (tertiary/aromatic N) is 1. The maximum absolute atomic E-state index is 10.6. The molecule has 2 fully saturated rings. The topological polar surface area (TPSA) is 59.1 Å². The summed E-state index contributed by atoms with van der Waals surface area (Å²) < 4.78 is 0. The van der Waals surface area contributed by atoms with Gasteiger partial charge in [0.1, 0.15) is 5.60 Å². The highest BCUT2D eigenvalue weighted by Crippen LogP contribution is 2.56. The van der Waals surface area contributed by atoms with Crippen LogP contribution in [0, 0.1) is 11.8 Å². The Morgan fingerprint density at radius 1 is 1.57 bits per heavy atom. The van der Waals surface area contributed by atoms with Gasteiger partial charge < -0.3 is 10.8 Å². The largest absolute Gasteiger partial charge is 0.384 e. The number of fused-ring (bicyclic) bond motifs is 2. The van der Waals surface area contributed by atoms with Gasteiger partial charge in [-0.2, -0.15) is 0 Å². The Kier molecular flexibility index (Phi) is 1.67. The maximum atomic E-state index is 10.6. The van der Waals surface area contributed by atoms with Crippen LogP contribution >= 0.6 is 11.3 Å². The number of aliphatic hydroxyl groups is 1. The molecule has 3 N–H and O–H groups in total. The number of thiazole rings is 1. The second kappa shape index (κ2) is 2.70. The average molecular weight is 210 g/mol. The van der Waals surface area contributed by atoms with Crippen LogP contribution in [0.1, 0.15) is 30.6 Å². The van der Waals surface area contributed by atoms with E-state index in [-0.39, 0.29) is 0 Å². The normalized spacial score (nSPS) is 40.6. The Morgan fingerprint density at radius 3 is 2.93 bits per heavy atom. The summed E-state index contributed by atoms with van der Waals surface area (Å²) in [5.74, 6) is 1.18. The molecule has 1 heterocycles. The number of nitrogens with two attached hydrogens (primary N) is 1. The highest BCUT2D eigenvalue weighted by atomic mass is 32.1. The third-order valence-electron chi connectivity index (χ3n) is 3.77. The van der Waals surface area contributed by atoms with E-state index in [4.69, 9.17) is 5.73 Å². The Bertz CT molecular complexity index is 365. The standard InChI is InChI=1S/C10H14N2OS/c11-9-12-5-8(14-9)10(13)4-6-1-2-7(10)3-6/h5-7,13H,1-4H2,(H2,11,12). The van der Waals surface area contributed by atoms with Gasteiger partial charge in [-0.05, 0) is 37.5 Å². The Balaban J connectivity index is 1.97. The van der Waals surface area contributed by atoms with E-state index in [9.17, 15) is 5.11 Å². The van der Waals surface area contributed by atoms with Gasteiger partial charge in [-0.3, -0.25) is 0 Å². The number of hydrogen-bond acceptors (Lipinski definition) is 4. The van der Waals surface area contributed by atoms with Crippen LogP contribution in [0.4, 0.5) is 5.13 Å². The van der Waals surface area contributed by atoms with Gasteiger partial charge in [0.2, 0.25) is 0 Å². The predicted octanol–water partition coefficient (Wildman–Crippen LogP) is 1.73. The maximum Gasteiger partial charge on any atom is 0.180 e. The van der Waals surface area contributed by atoms with Crippen molar-refractivity contribution in [3.05, 3.63) is 11.1 Å². The van der Waals surface area contributed by atoms with Crippen molar-refractivity contribution in [2.75, 3.05) is 5.73 Å². The molecule has 2 saturated carbocycles. The number of aromatic nitrogens is 1. The molecule has 3 rings (SSSR count). The lowest BCUT2D eigenvalue weighted by Crippen LogP contribution is -2.31. The van der Waals surface area contributed by atoms with Crippen LogP contribution in [-0.2, 0) is 5.60 Å². The van der Waals surface area contributed by atoms with Gasteiger partial charge in [0.15, 0.2) is 5.13 Å². The highest BCUT2D eigenvalue weighted by molar-refractivity contribution is 7.15. The zero-order chi connectivity index (χ0) is 9.76. The number of rotatable bonds is 1. The van der Waals surface area contributed by atoms with Gasteiger partial charge >= 0.3 is 0 Å². The highest BCUT2D eigenvalue weighted by Gasteiger charge is 2.51. The zero-order valence-electron chi connectivity index (χ0n) is 7.94. The molecule has 2 bridgehead atoms. The minimum atomic E-state index is -0.599. The van der Waals surface area contributed by atoms with Crippen LogP contribution in [0.2, 0.25) is 0 Å². The van der Waals surface area contributed by atoms with E-state index in [2.05, 4.69) is 4.98 Å². The molecule has 2 aliphatic rings. The van der Waals surface area contributed by atoms with Gasteiger partial charge in [-0.25, -0.2) is 4.98 Å². The minimum absolute atomic E-state index is 0.451. The molecule has 76 valence electrons. The lowest BCUT2D eigenvalue weighted by molar-refractivity contribution is -0.0150. The van der Waals surface area contributed by atoms with Crippen LogP contribution in [-0.4, -0.2) is 10.1 Å². The molecular weight excluding hydrogens is 196 g/mol. The molecule has 3 unspecified atom stereocenters. The van der Waals surface area contributed by atoms with Gasteiger partial charge in [0.25, 0.3) is 0 Å². The van der Waals surface area contributed by atoms with Gasteiger partial charge in [0, 0.05) is 6.20 Å². The molecule has 0 aliphatic heterocycles. The first-order valence-electron chi connectivity index (χ1n) is 5.12. The molecule has 0 saturated heterocycles. The fourth-order valence-electron chi connectivity index (χ4n) is 3.09. The van der Waals surface area contributed by atoms with Gasteiger partial charge in [-0.1, -0.05) is 11.3 Å². The molecule has 1 aromatic heterocycles. The van der Waals surface area contributed by atoms with Crippen molar-refractivity contribution in [1.29, 1.82) is 0 Å². The van der Waals surface area contributed by atoms with E-state index in [1.54, 1.807) is 6.20 Å². The first-order valence-corrected chi connectivity index (χ1v) is 5.94. The third kappa shape index (κ3) is 1.04. The molecule has 14 heavy (non-hydrogen) atoms. The molecule has 4 heteroatoms. The van der Waals surface area contributed by atoms with Crippen molar-refractivity contribution in [3.63, 3.8) is 0 Å². The van der Waals surface area contributed by atoms with Crippen LogP contribution in [0.15, 0.2) is 6.20 Å². The minimum Gasteiger partial charge on any atom is -0.384 e. The molecule has 0 aromatic carbocycles. The van der Waals surface area contributed by atoms with E-state index >= 15 is 0 Å². The monoisotopic (exact) mass is 210 g/mol. The molecule has 0 amide bonds. The van der Waals surface area contributed by atoms with E-state index in [0.717, 1.165) is 17.2 Å². The Hall–Kier alpha value is -0.610.